The third kappa shape index (κ3) is 1.39. The lowest BCUT2D eigenvalue weighted by Crippen LogP contribution is -1.93. The Morgan fingerprint density at radius 2 is 2.25 bits per heavy atom. The van der Waals surface area contributed by atoms with E-state index >= 15 is 0 Å². The number of aromatic nitrogens is 1. The lowest BCUT2D eigenvalue weighted by Gasteiger charge is -2.06. The summed E-state index contributed by atoms with van der Waals surface area (Å²) < 4.78 is 5.20. The Balaban J connectivity index is 2.28. The monoisotopic (exact) mass is 234 g/mol. The van der Waals surface area contributed by atoms with E-state index in [9.17, 15) is 0 Å². The van der Waals surface area contributed by atoms with Gasteiger partial charge < -0.3 is 10.1 Å². The minimum Gasteiger partial charge on any atom is -0.495 e. The maximum absolute atomic E-state index is 6.07. The lowest BCUT2D eigenvalue weighted by atomic mass is 10.1. The normalized spacial score (nSPS) is 13.6. The molecule has 0 spiro atoms. The van der Waals surface area contributed by atoms with Crippen molar-refractivity contribution in [3.63, 3.8) is 0 Å². The summed E-state index contributed by atoms with van der Waals surface area (Å²) in [6.07, 6.45) is 1.03. The first-order valence-corrected chi connectivity index (χ1v) is 5.57. The fraction of sp³-hybridized carbons (Fsp3) is 0.250. The van der Waals surface area contributed by atoms with Gasteiger partial charge in [0.1, 0.15) is 11.6 Å². The molecule has 1 aliphatic rings. The number of ether oxygens (including phenoxy) is 1. The van der Waals surface area contributed by atoms with Gasteiger partial charge in [0.15, 0.2) is 0 Å². The van der Waals surface area contributed by atoms with Crippen LogP contribution < -0.4 is 10.1 Å². The van der Waals surface area contributed by atoms with Gasteiger partial charge in [0, 0.05) is 11.9 Å². The van der Waals surface area contributed by atoms with Crippen molar-refractivity contribution in [3.05, 3.63) is 28.8 Å². The van der Waals surface area contributed by atoms with E-state index in [1.54, 1.807) is 7.11 Å². The SMILES string of the molecule is COc1cc2cc3c(nc2cc1Cl)NCC3. The topological polar surface area (TPSA) is 34.1 Å². The fourth-order valence-corrected chi connectivity index (χ4v) is 2.27. The van der Waals surface area contributed by atoms with E-state index in [0.717, 1.165) is 29.7 Å². The molecule has 1 aromatic heterocycles. The molecule has 82 valence electrons. The highest BCUT2D eigenvalue weighted by atomic mass is 35.5. The van der Waals surface area contributed by atoms with Crippen LogP contribution in [0.5, 0.6) is 5.75 Å². The van der Waals surface area contributed by atoms with Gasteiger partial charge in [-0.15, -0.1) is 0 Å². The molecule has 3 nitrogen and oxygen atoms in total. The lowest BCUT2D eigenvalue weighted by molar-refractivity contribution is 0.415. The molecule has 16 heavy (non-hydrogen) atoms. The number of rotatable bonds is 1. The third-order valence-corrected chi connectivity index (χ3v) is 3.15. The molecule has 0 atom stereocenters. The number of fused-ring (bicyclic) bond motifs is 2. The molecule has 2 aromatic rings. The molecule has 1 N–H and O–H groups in total. The summed E-state index contributed by atoms with van der Waals surface area (Å²) in [5.41, 5.74) is 2.16. The van der Waals surface area contributed by atoms with Gasteiger partial charge in [-0.3, -0.25) is 0 Å². The number of methoxy groups -OCH3 is 1. The molecule has 1 aromatic carbocycles. The molecule has 0 saturated heterocycles. The average Bonchev–Trinajstić information content (AvgIpc) is 2.72. The Kier molecular flexibility index (Phi) is 2.14. The van der Waals surface area contributed by atoms with E-state index in [2.05, 4.69) is 16.4 Å². The van der Waals surface area contributed by atoms with Gasteiger partial charge in [-0.2, -0.15) is 0 Å². The highest BCUT2D eigenvalue weighted by Gasteiger charge is 2.13. The Bertz CT molecular complexity index is 558. The van der Waals surface area contributed by atoms with Crippen LogP contribution in [-0.2, 0) is 6.42 Å². The first kappa shape index (κ1) is 9.73. The van der Waals surface area contributed by atoms with E-state index in [1.807, 2.05) is 12.1 Å². The highest BCUT2D eigenvalue weighted by molar-refractivity contribution is 6.32. The van der Waals surface area contributed by atoms with Crippen molar-refractivity contribution in [2.45, 2.75) is 6.42 Å². The van der Waals surface area contributed by atoms with Crippen LogP contribution >= 0.6 is 11.6 Å². The second-order valence-corrected chi connectivity index (χ2v) is 4.26. The summed E-state index contributed by atoms with van der Waals surface area (Å²) in [6.45, 7) is 0.962. The van der Waals surface area contributed by atoms with Crippen LogP contribution in [0, 0.1) is 0 Å². The van der Waals surface area contributed by atoms with Crippen molar-refractivity contribution in [2.24, 2.45) is 0 Å². The van der Waals surface area contributed by atoms with Gasteiger partial charge in [0.25, 0.3) is 0 Å². The van der Waals surface area contributed by atoms with Crippen LogP contribution in [0.4, 0.5) is 5.82 Å². The number of hydrogen-bond acceptors (Lipinski definition) is 3. The maximum Gasteiger partial charge on any atom is 0.138 e. The van der Waals surface area contributed by atoms with Gasteiger partial charge in [-0.1, -0.05) is 11.6 Å². The number of halogens is 1. The third-order valence-electron chi connectivity index (χ3n) is 2.85. The minimum atomic E-state index is 0.598. The summed E-state index contributed by atoms with van der Waals surface area (Å²) in [6, 6.07) is 5.93. The summed E-state index contributed by atoms with van der Waals surface area (Å²) in [4.78, 5) is 4.54. The zero-order valence-electron chi connectivity index (χ0n) is 8.88. The predicted octanol–water partition coefficient (Wildman–Crippen LogP) is 2.86. The van der Waals surface area contributed by atoms with E-state index < -0.39 is 0 Å². The van der Waals surface area contributed by atoms with Crippen LogP contribution in [-0.4, -0.2) is 18.6 Å². The molecule has 0 radical (unpaired) electrons. The molecule has 3 rings (SSSR count). The standard InChI is InChI=1S/C12H11ClN2O/c1-16-11-5-8-4-7-2-3-14-12(7)15-10(8)6-9(11)13/h4-6H,2-3H2,1H3,(H,14,15). The van der Waals surface area contributed by atoms with Gasteiger partial charge in [0.2, 0.25) is 0 Å². The molecule has 0 fully saturated rings. The summed E-state index contributed by atoms with van der Waals surface area (Å²) in [5, 5.41) is 4.93. The smallest absolute Gasteiger partial charge is 0.138 e. The first-order valence-electron chi connectivity index (χ1n) is 5.19. The zero-order valence-corrected chi connectivity index (χ0v) is 9.64. The van der Waals surface area contributed by atoms with Gasteiger partial charge in [0.05, 0.1) is 17.6 Å². The van der Waals surface area contributed by atoms with Crippen LogP contribution in [0.2, 0.25) is 5.02 Å². The Morgan fingerprint density at radius 1 is 1.38 bits per heavy atom. The first-order chi connectivity index (χ1) is 7.78. The van der Waals surface area contributed by atoms with Crippen molar-refractivity contribution < 1.29 is 4.74 Å². The predicted molar refractivity (Wildman–Crippen MR) is 65.5 cm³/mol. The molecular weight excluding hydrogens is 224 g/mol. The second-order valence-electron chi connectivity index (χ2n) is 3.85. The van der Waals surface area contributed by atoms with Gasteiger partial charge >= 0.3 is 0 Å². The number of nitrogens with zero attached hydrogens (tertiary/aromatic N) is 1. The minimum absolute atomic E-state index is 0.598. The molecular formula is C12H11ClN2O. The molecule has 2 heterocycles. The summed E-state index contributed by atoms with van der Waals surface area (Å²) in [5.74, 6) is 1.68. The zero-order chi connectivity index (χ0) is 11.1. The Labute approximate surface area is 98.4 Å². The molecule has 0 unspecified atom stereocenters. The Hall–Kier alpha value is -1.48. The van der Waals surface area contributed by atoms with E-state index in [1.165, 1.54) is 5.56 Å². The molecule has 1 aliphatic heterocycles. The fourth-order valence-electron chi connectivity index (χ4n) is 2.03. The van der Waals surface area contributed by atoms with Crippen LogP contribution in [0.3, 0.4) is 0 Å². The number of nitrogens with one attached hydrogen (secondary N) is 1. The van der Waals surface area contributed by atoms with Crippen LogP contribution in [0.1, 0.15) is 5.56 Å². The van der Waals surface area contributed by atoms with Crippen LogP contribution in [0.25, 0.3) is 10.9 Å². The van der Waals surface area contributed by atoms with Crippen molar-refractivity contribution in [3.8, 4) is 5.75 Å². The number of benzene rings is 1. The average molecular weight is 235 g/mol. The molecule has 0 amide bonds. The number of anilines is 1. The highest BCUT2D eigenvalue weighted by Crippen LogP contribution is 2.32. The number of hydrogen-bond donors (Lipinski definition) is 1. The van der Waals surface area contributed by atoms with Crippen LogP contribution in [0.15, 0.2) is 18.2 Å². The maximum atomic E-state index is 6.07. The summed E-state index contributed by atoms with van der Waals surface area (Å²) >= 11 is 6.07. The molecule has 0 aliphatic carbocycles. The second kappa shape index (κ2) is 3.52. The van der Waals surface area contributed by atoms with Crippen molar-refractivity contribution in [1.29, 1.82) is 0 Å². The number of pyridine rings is 1. The van der Waals surface area contributed by atoms with E-state index in [-0.39, 0.29) is 0 Å². The molecule has 0 bridgehead atoms. The van der Waals surface area contributed by atoms with Crippen molar-refractivity contribution >= 4 is 28.3 Å². The van der Waals surface area contributed by atoms with Gasteiger partial charge in [-0.05, 0) is 30.2 Å². The van der Waals surface area contributed by atoms with E-state index in [4.69, 9.17) is 16.3 Å². The molecule has 4 heteroatoms. The van der Waals surface area contributed by atoms with Crippen molar-refractivity contribution in [1.82, 2.24) is 4.98 Å². The quantitative estimate of drug-likeness (QED) is 0.824. The van der Waals surface area contributed by atoms with E-state index in [0.29, 0.717) is 10.8 Å². The van der Waals surface area contributed by atoms with Gasteiger partial charge in [-0.25, -0.2) is 4.98 Å². The largest absolute Gasteiger partial charge is 0.495 e. The van der Waals surface area contributed by atoms with Crippen molar-refractivity contribution in [2.75, 3.05) is 19.0 Å². The Morgan fingerprint density at radius 3 is 3.06 bits per heavy atom. The molecule has 0 saturated carbocycles. The summed E-state index contributed by atoms with van der Waals surface area (Å²) in [7, 11) is 1.62.